The van der Waals surface area contributed by atoms with Crippen LogP contribution < -0.4 is 0 Å². The van der Waals surface area contributed by atoms with Crippen molar-refractivity contribution in [3.63, 3.8) is 0 Å². The minimum absolute atomic E-state index is 0. The van der Waals surface area contributed by atoms with Crippen LogP contribution in [0.25, 0.3) is 0 Å². The van der Waals surface area contributed by atoms with Crippen LogP contribution in [-0.4, -0.2) is 21.1 Å². The van der Waals surface area contributed by atoms with E-state index in [0.717, 1.165) is 6.07 Å². The zero-order valence-electron chi connectivity index (χ0n) is 9.20. The van der Waals surface area contributed by atoms with E-state index in [1.54, 1.807) is 30.3 Å². The van der Waals surface area contributed by atoms with Gasteiger partial charge in [-0.05, 0) is 12.1 Å². The van der Waals surface area contributed by atoms with E-state index < -0.39 is 23.0 Å². The second kappa shape index (κ2) is 5.42. The summed E-state index contributed by atoms with van der Waals surface area (Å²) in [6, 6.07) is 10.8. The number of carbonyl (C=O) groups excluding carboxylic acids is 1. The molecule has 94 valence electrons. The largest absolute Gasteiger partial charge is 0.504 e. The molecule has 0 saturated heterocycles. The highest BCUT2D eigenvalue weighted by Crippen LogP contribution is 2.37. The summed E-state index contributed by atoms with van der Waals surface area (Å²) in [5.41, 5.74) is 0.347. The lowest BCUT2D eigenvalue weighted by Gasteiger charge is -2.06. The van der Waals surface area contributed by atoms with Crippen molar-refractivity contribution in [2.75, 3.05) is 0 Å². The Kier molecular flexibility index (Phi) is 4.18. The number of hydrogen-bond donors (Lipinski definition) is 3. The minimum atomic E-state index is -0.688. The number of aromatic hydroxyl groups is 3. The first kappa shape index (κ1) is 13.9. The Morgan fingerprint density at radius 1 is 0.833 bits per heavy atom. The van der Waals surface area contributed by atoms with Crippen LogP contribution in [0.5, 0.6) is 17.2 Å². The van der Waals surface area contributed by atoms with Gasteiger partial charge in [0, 0.05) is 5.56 Å². The highest BCUT2D eigenvalue weighted by Gasteiger charge is 2.18. The molecule has 0 heterocycles. The van der Waals surface area contributed by atoms with Crippen LogP contribution in [0.2, 0.25) is 0 Å². The van der Waals surface area contributed by atoms with Crippen LogP contribution in [0.3, 0.4) is 0 Å². The van der Waals surface area contributed by atoms with Gasteiger partial charge in [-0.25, -0.2) is 0 Å². The quantitative estimate of drug-likeness (QED) is 0.576. The fourth-order valence-electron chi connectivity index (χ4n) is 1.50. The van der Waals surface area contributed by atoms with Gasteiger partial charge in [-0.15, -0.1) is 12.4 Å². The first-order valence-corrected chi connectivity index (χ1v) is 4.95. The van der Waals surface area contributed by atoms with Gasteiger partial charge in [0.2, 0.25) is 5.75 Å². The zero-order chi connectivity index (χ0) is 12.4. The Balaban J connectivity index is 0.00000162. The SMILES string of the molecule is Cl.O=C(c1ccccc1)c1ccc(O)c(O)c1O. The van der Waals surface area contributed by atoms with E-state index in [9.17, 15) is 15.0 Å². The standard InChI is InChI=1S/C13H10O4.ClH/c14-10-7-6-9(12(16)13(10)17)11(15)8-4-2-1-3-5-8;/h1-7,14,16-17H;1H. The molecular formula is C13H11ClO4. The monoisotopic (exact) mass is 266 g/mol. The van der Waals surface area contributed by atoms with E-state index in [-0.39, 0.29) is 18.0 Å². The predicted octanol–water partition coefficient (Wildman–Crippen LogP) is 2.46. The molecule has 2 aromatic carbocycles. The molecule has 0 atom stereocenters. The van der Waals surface area contributed by atoms with Gasteiger partial charge in [0.05, 0.1) is 5.56 Å². The molecule has 0 fully saturated rings. The van der Waals surface area contributed by atoms with Crippen LogP contribution in [-0.2, 0) is 0 Å². The van der Waals surface area contributed by atoms with Crippen molar-refractivity contribution in [1.82, 2.24) is 0 Å². The van der Waals surface area contributed by atoms with Crippen molar-refractivity contribution in [2.45, 2.75) is 0 Å². The van der Waals surface area contributed by atoms with Crippen molar-refractivity contribution >= 4 is 18.2 Å². The molecule has 0 aliphatic heterocycles. The molecule has 0 radical (unpaired) electrons. The summed E-state index contributed by atoms with van der Waals surface area (Å²) >= 11 is 0. The molecule has 0 aliphatic rings. The van der Waals surface area contributed by atoms with Gasteiger partial charge in [-0.2, -0.15) is 0 Å². The van der Waals surface area contributed by atoms with Crippen LogP contribution in [0, 0.1) is 0 Å². The molecule has 2 rings (SSSR count). The minimum Gasteiger partial charge on any atom is -0.504 e. The summed E-state index contributed by atoms with van der Waals surface area (Å²) < 4.78 is 0. The number of carbonyl (C=O) groups is 1. The fourth-order valence-corrected chi connectivity index (χ4v) is 1.50. The number of phenols is 3. The molecule has 0 aliphatic carbocycles. The average molecular weight is 267 g/mol. The third kappa shape index (κ3) is 2.38. The molecule has 3 N–H and O–H groups in total. The summed E-state index contributed by atoms with van der Waals surface area (Å²) in [5.74, 6) is -2.18. The van der Waals surface area contributed by atoms with Crippen molar-refractivity contribution < 1.29 is 20.1 Å². The van der Waals surface area contributed by atoms with Gasteiger partial charge >= 0.3 is 0 Å². The van der Waals surface area contributed by atoms with Crippen LogP contribution in [0.1, 0.15) is 15.9 Å². The van der Waals surface area contributed by atoms with E-state index in [1.165, 1.54) is 6.07 Å². The number of rotatable bonds is 2. The summed E-state index contributed by atoms with van der Waals surface area (Å²) in [6.45, 7) is 0. The van der Waals surface area contributed by atoms with E-state index >= 15 is 0 Å². The third-order valence-corrected chi connectivity index (χ3v) is 2.41. The normalized spacial score (nSPS) is 9.56. The van der Waals surface area contributed by atoms with Gasteiger partial charge in [0.1, 0.15) is 0 Å². The first-order valence-electron chi connectivity index (χ1n) is 4.95. The molecule has 4 nitrogen and oxygen atoms in total. The molecule has 2 aromatic rings. The summed E-state index contributed by atoms with van der Waals surface area (Å²) in [7, 11) is 0. The molecule has 0 aromatic heterocycles. The molecule has 0 spiro atoms. The lowest BCUT2D eigenvalue weighted by molar-refractivity contribution is 0.103. The molecular weight excluding hydrogens is 256 g/mol. The van der Waals surface area contributed by atoms with Crippen LogP contribution in [0.4, 0.5) is 0 Å². The third-order valence-electron chi connectivity index (χ3n) is 2.41. The Labute approximate surface area is 110 Å². The summed E-state index contributed by atoms with van der Waals surface area (Å²) in [6.07, 6.45) is 0. The Morgan fingerprint density at radius 2 is 1.44 bits per heavy atom. The second-order valence-electron chi connectivity index (χ2n) is 3.52. The number of phenolic OH excluding ortho intramolecular Hbond substituents is 3. The highest BCUT2D eigenvalue weighted by atomic mass is 35.5. The summed E-state index contributed by atoms with van der Waals surface area (Å²) in [4.78, 5) is 12.0. The number of halogens is 1. The Morgan fingerprint density at radius 3 is 2.06 bits per heavy atom. The second-order valence-corrected chi connectivity index (χ2v) is 3.52. The predicted molar refractivity (Wildman–Crippen MR) is 68.6 cm³/mol. The first-order chi connectivity index (χ1) is 8.11. The van der Waals surface area contributed by atoms with Crippen molar-refractivity contribution in [2.24, 2.45) is 0 Å². The van der Waals surface area contributed by atoms with E-state index in [2.05, 4.69) is 0 Å². The maximum atomic E-state index is 12.0. The molecule has 0 unspecified atom stereocenters. The topological polar surface area (TPSA) is 77.8 Å². The van der Waals surface area contributed by atoms with Crippen molar-refractivity contribution in [1.29, 1.82) is 0 Å². The lowest BCUT2D eigenvalue weighted by atomic mass is 10.0. The van der Waals surface area contributed by atoms with Crippen LogP contribution in [0.15, 0.2) is 42.5 Å². The average Bonchev–Trinajstić information content (AvgIpc) is 2.36. The van der Waals surface area contributed by atoms with Gasteiger partial charge in [-0.3, -0.25) is 4.79 Å². The Hall–Kier alpha value is -2.20. The van der Waals surface area contributed by atoms with Gasteiger partial charge in [0.25, 0.3) is 0 Å². The number of hydrogen-bond acceptors (Lipinski definition) is 4. The smallest absolute Gasteiger partial charge is 0.201 e. The maximum absolute atomic E-state index is 12.0. The molecule has 18 heavy (non-hydrogen) atoms. The number of benzene rings is 2. The molecule has 0 bridgehead atoms. The van der Waals surface area contributed by atoms with E-state index in [0.29, 0.717) is 5.56 Å². The Bertz CT molecular complexity index is 567. The molecule has 0 amide bonds. The van der Waals surface area contributed by atoms with Crippen molar-refractivity contribution in [3.05, 3.63) is 53.6 Å². The highest BCUT2D eigenvalue weighted by molar-refractivity contribution is 6.11. The fraction of sp³-hybridized carbons (Fsp3) is 0. The van der Waals surface area contributed by atoms with Crippen molar-refractivity contribution in [3.8, 4) is 17.2 Å². The number of ketones is 1. The zero-order valence-corrected chi connectivity index (χ0v) is 10.0. The molecule has 0 saturated carbocycles. The van der Waals surface area contributed by atoms with Gasteiger partial charge < -0.3 is 15.3 Å². The maximum Gasteiger partial charge on any atom is 0.201 e. The lowest BCUT2D eigenvalue weighted by Crippen LogP contribution is -2.01. The van der Waals surface area contributed by atoms with Crippen LogP contribution >= 0.6 is 12.4 Å². The summed E-state index contributed by atoms with van der Waals surface area (Å²) in [5, 5.41) is 28.1. The van der Waals surface area contributed by atoms with Gasteiger partial charge in [-0.1, -0.05) is 30.3 Å². The molecule has 5 heteroatoms. The van der Waals surface area contributed by atoms with Gasteiger partial charge in [0.15, 0.2) is 17.3 Å². The van der Waals surface area contributed by atoms with E-state index in [1.807, 2.05) is 0 Å². The van der Waals surface area contributed by atoms with E-state index in [4.69, 9.17) is 5.11 Å².